The van der Waals surface area contributed by atoms with E-state index >= 15 is 0 Å². The molecule has 4 nitrogen and oxygen atoms in total. The number of hydrogen-bond acceptors (Lipinski definition) is 4. The van der Waals surface area contributed by atoms with Crippen LogP contribution < -0.4 is 5.73 Å². The predicted molar refractivity (Wildman–Crippen MR) is 97.0 cm³/mol. The summed E-state index contributed by atoms with van der Waals surface area (Å²) in [5.74, 6) is 0.264. The number of nitrogens with zero attached hydrogens (tertiary/aromatic N) is 3. The van der Waals surface area contributed by atoms with Crippen molar-refractivity contribution in [3.05, 3.63) is 57.8 Å². The zero-order valence-corrected chi connectivity index (χ0v) is 14.8. The van der Waals surface area contributed by atoms with Crippen molar-refractivity contribution < 1.29 is 0 Å². The molecular weight excluding hydrogens is 352 g/mol. The van der Waals surface area contributed by atoms with Gasteiger partial charge in [0.15, 0.2) is 0 Å². The minimum atomic E-state index is 0.264. The van der Waals surface area contributed by atoms with Crippen LogP contribution >= 0.6 is 15.9 Å². The Labute approximate surface area is 144 Å². The SMILES string of the molecule is Cc1cc(C)c(-c2nc(N)ncc2-c2ccc(Br)cn2)c(C)c1. The van der Waals surface area contributed by atoms with Crippen molar-refractivity contribution in [2.24, 2.45) is 0 Å². The van der Waals surface area contributed by atoms with E-state index in [1.165, 1.54) is 16.7 Å². The van der Waals surface area contributed by atoms with Gasteiger partial charge in [0.25, 0.3) is 0 Å². The van der Waals surface area contributed by atoms with Gasteiger partial charge in [-0.05, 0) is 60.0 Å². The third-order valence-corrected chi connectivity index (χ3v) is 4.19. The average molecular weight is 369 g/mol. The molecule has 3 rings (SSSR count). The van der Waals surface area contributed by atoms with Gasteiger partial charge in [-0.2, -0.15) is 0 Å². The summed E-state index contributed by atoms with van der Waals surface area (Å²) in [6.07, 6.45) is 3.51. The van der Waals surface area contributed by atoms with Gasteiger partial charge in [-0.15, -0.1) is 0 Å². The molecule has 0 radical (unpaired) electrons. The number of nitrogens with two attached hydrogens (primary N) is 1. The van der Waals surface area contributed by atoms with Crippen LogP contribution in [0.15, 0.2) is 41.1 Å². The maximum absolute atomic E-state index is 5.85. The third kappa shape index (κ3) is 3.10. The Balaban J connectivity index is 2.28. The summed E-state index contributed by atoms with van der Waals surface area (Å²) in [5, 5.41) is 0. The molecule has 0 aliphatic rings. The molecule has 0 saturated carbocycles. The van der Waals surface area contributed by atoms with Gasteiger partial charge in [0, 0.05) is 28.0 Å². The number of aromatic nitrogens is 3. The summed E-state index contributed by atoms with van der Waals surface area (Å²) >= 11 is 3.41. The molecule has 0 saturated heterocycles. The molecule has 5 heteroatoms. The van der Waals surface area contributed by atoms with Crippen LogP contribution in [0.25, 0.3) is 22.5 Å². The zero-order chi connectivity index (χ0) is 16.6. The fourth-order valence-corrected chi connectivity index (χ4v) is 3.10. The largest absolute Gasteiger partial charge is 0.368 e. The molecule has 2 aromatic heterocycles. The fraction of sp³-hybridized carbons (Fsp3) is 0.167. The third-order valence-electron chi connectivity index (χ3n) is 3.72. The van der Waals surface area contributed by atoms with Crippen LogP contribution in [-0.2, 0) is 0 Å². The van der Waals surface area contributed by atoms with Crippen LogP contribution in [0.4, 0.5) is 5.95 Å². The lowest BCUT2D eigenvalue weighted by atomic mass is 9.94. The van der Waals surface area contributed by atoms with Gasteiger partial charge < -0.3 is 5.73 Å². The van der Waals surface area contributed by atoms with Crippen LogP contribution in [0.1, 0.15) is 16.7 Å². The van der Waals surface area contributed by atoms with E-state index in [9.17, 15) is 0 Å². The molecule has 1 aromatic carbocycles. The zero-order valence-electron chi connectivity index (χ0n) is 13.3. The number of aryl methyl sites for hydroxylation is 3. The highest BCUT2D eigenvalue weighted by Crippen LogP contribution is 2.34. The first-order valence-corrected chi connectivity index (χ1v) is 8.07. The van der Waals surface area contributed by atoms with Gasteiger partial charge in [0.1, 0.15) is 0 Å². The van der Waals surface area contributed by atoms with Crippen molar-refractivity contribution in [3.63, 3.8) is 0 Å². The molecule has 23 heavy (non-hydrogen) atoms. The Bertz CT molecular complexity index is 850. The Morgan fingerprint density at radius 3 is 2.26 bits per heavy atom. The molecule has 0 unspecified atom stereocenters. The number of halogens is 1. The molecule has 3 aromatic rings. The van der Waals surface area contributed by atoms with Crippen molar-refractivity contribution in [3.8, 4) is 22.5 Å². The summed E-state index contributed by atoms with van der Waals surface area (Å²) in [7, 11) is 0. The van der Waals surface area contributed by atoms with E-state index in [4.69, 9.17) is 5.73 Å². The molecular formula is C18H17BrN4. The van der Waals surface area contributed by atoms with Crippen LogP contribution in [0.5, 0.6) is 0 Å². The van der Waals surface area contributed by atoms with E-state index in [0.29, 0.717) is 0 Å². The van der Waals surface area contributed by atoms with Gasteiger partial charge in [-0.25, -0.2) is 9.97 Å². The molecule has 2 N–H and O–H groups in total. The standard InChI is InChI=1S/C18H17BrN4/c1-10-6-11(2)16(12(3)7-10)17-14(9-22-18(20)23-17)15-5-4-13(19)8-21-15/h4-9H,1-3H3,(H2,20,22,23). The molecule has 0 spiro atoms. The van der Waals surface area contributed by atoms with Crippen LogP contribution in [0.3, 0.4) is 0 Å². The quantitative estimate of drug-likeness (QED) is 0.724. The summed E-state index contributed by atoms with van der Waals surface area (Å²) < 4.78 is 0.932. The van der Waals surface area contributed by atoms with Crippen LogP contribution in [-0.4, -0.2) is 15.0 Å². The summed E-state index contributed by atoms with van der Waals surface area (Å²) in [4.78, 5) is 13.1. The molecule has 0 atom stereocenters. The summed E-state index contributed by atoms with van der Waals surface area (Å²) in [5.41, 5.74) is 13.0. The van der Waals surface area contributed by atoms with E-state index in [2.05, 4.69) is 63.8 Å². The Morgan fingerprint density at radius 2 is 1.65 bits per heavy atom. The van der Waals surface area contributed by atoms with Gasteiger partial charge >= 0.3 is 0 Å². The molecule has 0 aliphatic carbocycles. The van der Waals surface area contributed by atoms with Crippen LogP contribution in [0.2, 0.25) is 0 Å². The molecule has 0 bridgehead atoms. The van der Waals surface area contributed by atoms with E-state index in [-0.39, 0.29) is 5.95 Å². The first-order chi connectivity index (χ1) is 11.0. The lowest BCUT2D eigenvalue weighted by Crippen LogP contribution is -2.02. The van der Waals surface area contributed by atoms with Crippen molar-refractivity contribution in [1.29, 1.82) is 0 Å². The first kappa shape index (κ1) is 15.6. The number of anilines is 1. The first-order valence-electron chi connectivity index (χ1n) is 7.28. The normalized spacial score (nSPS) is 10.8. The molecule has 0 amide bonds. The molecule has 2 heterocycles. The van der Waals surface area contributed by atoms with Crippen molar-refractivity contribution in [2.75, 3.05) is 5.73 Å². The highest BCUT2D eigenvalue weighted by atomic mass is 79.9. The predicted octanol–water partition coefficient (Wildman–Crippen LogP) is 4.48. The maximum Gasteiger partial charge on any atom is 0.220 e. The maximum atomic E-state index is 5.85. The van der Waals surface area contributed by atoms with Crippen molar-refractivity contribution in [1.82, 2.24) is 15.0 Å². The summed E-state index contributed by atoms with van der Waals surface area (Å²) in [6.45, 7) is 6.27. The van der Waals surface area contributed by atoms with Crippen LogP contribution in [0, 0.1) is 20.8 Å². The van der Waals surface area contributed by atoms with E-state index < -0.39 is 0 Å². The second-order valence-electron chi connectivity index (χ2n) is 5.63. The topological polar surface area (TPSA) is 64.7 Å². The van der Waals surface area contributed by atoms with E-state index in [0.717, 1.165) is 27.0 Å². The van der Waals surface area contributed by atoms with Gasteiger partial charge in [-0.3, -0.25) is 4.98 Å². The summed E-state index contributed by atoms with van der Waals surface area (Å²) in [6, 6.07) is 8.21. The van der Waals surface area contributed by atoms with E-state index in [1.54, 1.807) is 12.4 Å². The highest BCUT2D eigenvalue weighted by molar-refractivity contribution is 9.10. The molecule has 0 aliphatic heterocycles. The van der Waals surface area contributed by atoms with Gasteiger partial charge in [0.05, 0.1) is 11.4 Å². The Kier molecular flexibility index (Phi) is 4.13. The van der Waals surface area contributed by atoms with E-state index in [1.807, 2.05) is 12.1 Å². The fourth-order valence-electron chi connectivity index (χ4n) is 2.86. The number of pyridine rings is 1. The number of rotatable bonds is 2. The Morgan fingerprint density at radius 1 is 0.957 bits per heavy atom. The second-order valence-corrected chi connectivity index (χ2v) is 6.54. The van der Waals surface area contributed by atoms with Gasteiger partial charge in [-0.1, -0.05) is 17.7 Å². The Hall–Kier alpha value is -2.27. The molecule has 116 valence electrons. The lowest BCUT2D eigenvalue weighted by Gasteiger charge is -2.14. The lowest BCUT2D eigenvalue weighted by molar-refractivity contribution is 1.16. The highest BCUT2D eigenvalue weighted by Gasteiger charge is 2.16. The smallest absolute Gasteiger partial charge is 0.220 e. The average Bonchev–Trinajstić information content (AvgIpc) is 2.47. The number of hydrogen-bond donors (Lipinski definition) is 1. The second kappa shape index (κ2) is 6.08. The monoisotopic (exact) mass is 368 g/mol. The van der Waals surface area contributed by atoms with Crippen molar-refractivity contribution >= 4 is 21.9 Å². The minimum Gasteiger partial charge on any atom is -0.368 e. The van der Waals surface area contributed by atoms with Crippen molar-refractivity contribution in [2.45, 2.75) is 20.8 Å². The number of benzene rings is 1. The molecule has 0 fully saturated rings. The minimum absolute atomic E-state index is 0.264. The number of nitrogen functional groups attached to an aromatic ring is 1. The van der Waals surface area contributed by atoms with Gasteiger partial charge in [0.2, 0.25) is 5.95 Å².